The van der Waals surface area contributed by atoms with Crippen LogP contribution in [0.25, 0.3) is 0 Å². The molecule has 2 aromatic rings. The van der Waals surface area contributed by atoms with Gasteiger partial charge in [-0.3, -0.25) is 0 Å². The Kier molecular flexibility index (Phi) is 5.87. The monoisotopic (exact) mass is 336 g/mol. The van der Waals surface area contributed by atoms with E-state index in [1.165, 1.54) is 17.7 Å². The molecule has 0 saturated carbocycles. The topological polar surface area (TPSA) is 33.3 Å². The van der Waals surface area contributed by atoms with Gasteiger partial charge in [0.2, 0.25) is 0 Å². The number of hydrogen-bond acceptors (Lipinski definition) is 2. The van der Waals surface area contributed by atoms with Crippen LogP contribution in [0.15, 0.2) is 48.5 Å². The van der Waals surface area contributed by atoms with Crippen molar-refractivity contribution in [2.45, 2.75) is 26.4 Å². The number of nitrogens with one attached hydrogen (secondary N) is 2. The van der Waals surface area contributed by atoms with Crippen molar-refractivity contribution in [1.29, 1.82) is 0 Å². The lowest BCUT2D eigenvalue weighted by Gasteiger charge is -2.12. The summed E-state index contributed by atoms with van der Waals surface area (Å²) in [5, 5.41) is 6.48. The fourth-order valence-electron chi connectivity index (χ4n) is 1.96. The average Bonchev–Trinajstić information content (AvgIpc) is 2.49. The van der Waals surface area contributed by atoms with E-state index in [9.17, 15) is 8.78 Å². The molecule has 122 valence electrons. The zero-order chi connectivity index (χ0) is 16.8. The van der Waals surface area contributed by atoms with Crippen LogP contribution in [0.2, 0.25) is 0 Å². The number of halogens is 2. The van der Waals surface area contributed by atoms with Crippen molar-refractivity contribution in [3.63, 3.8) is 0 Å². The third kappa shape index (κ3) is 5.49. The molecule has 3 nitrogen and oxygen atoms in total. The Bertz CT molecular complexity index is 643. The summed E-state index contributed by atoms with van der Waals surface area (Å²) >= 11 is 5.23. The fourth-order valence-corrected chi connectivity index (χ4v) is 2.20. The normalized spacial score (nSPS) is 10.7. The lowest BCUT2D eigenvalue weighted by atomic mass is 10.0. The minimum atomic E-state index is -2.83. The van der Waals surface area contributed by atoms with Crippen molar-refractivity contribution in [2.75, 3.05) is 10.6 Å². The van der Waals surface area contributed by atoms with E-state index in [2.05, 4.69) is 29.2 Å². The van der Waals surface area contributed by atoms with Crippen molar-refractivity contribution in [2.24, 2.45) is 0 Å². The highest BCUT2D eigenvalue weighted by molar-refractivity contribution is 7.80. The minimum Gasteiger partial charge on any atom is -0.435 e. The molecule has 0 saturated heterocycles. The van der Waals surface area contributed by atoms with Crippen LogP contribution in [0, 0.1) is 0 Å². The van der Waals surface area contributed by atoms with Gasteiger partial charge in [0.15, 0.2) is 5.11 Å². The molecule has 2 rings (SSSR count). The SMILES string of the molecule is CC(C)c1ccc(NC(=S)Nc2ccc(OC(F)F)cc2)cc1. The summed E-state index contributed by atoms with van der Waals surface area (Å²) in [5.74, 6) is 0.580. The molecule has 23 heavy (non-hydrogen) atoms. The number of rotatable bonds is 5. The Balaban J connectivity index is 1.91. The van der Waals surface area contributed by atoms with Crippen molar-refractivity contribution in [1.82, 2.24) is 0 Å². The van der Waals surface area contributed by atoms with E-state index in [0.29, 0.717) is 16.7 Å². The predicted molar refractivity (Wildman–Crippen MR) is 93.4 cm³/mol. The maximum atomic E-state index is 12.1. The van der Waals surface area contributed by atoms with Crippen molar-refractivity contribution in [3.05, 3.63) is 54.1 Å². The Morgan fingerprint density at radius 3 is 1.83 bits per heavy atom. The molecule has 2 N–H and O–H groups in total. The summed E-state index contributed by atoms with van der Waals surface area (Å²) < 4.78 is 28.5. The molecule has 0 aromatic heterocycles. The Morgan fingerprint density at radius 2 is 1.39 bits per heavy atom. The van der Waals surface area contributed by atoms with Gasteiger partial charge in [-0.15, -0.1) is 0 Å². The average molecular weight is 336 g/mol. The van der Waals surface area contributed by atoms with E-state index in [-0.39, 0.29) is 5.75 Å². The first kappa shape index (κ1) is 17.1. The highest BCUT2D eigenvalue weighted by Crippen LogP contribution is 2.19. The van der Waals surface area contributed by atoms with Crippen LogP contribution in [0.3, 0.4) is 0 Å². The number of alkyl halides is 2. The van der Waals surface area contributed by atoms with Gasteiger partial charge >= 0.3 is 6.61 Å². The van der Waals surface area contributed by atoms with Gasteiger partial charge in [0.1, 0.15) is 5.75 Å². The maximum Gasteiger partial charge on any atom is 0.387 e. The molecule has 2 aromatic carbocycles. The largest absolute Gasteiger partial charge is 0.435 e. The van der Waals surface area contributed by atoms with Crippen LogP contribution in [0.5, 0.6) is 5.75 Å². The molecule has 0 heterocycles. The van der Waals surface area contributed by atoms with Crippen molar-refractivity contribution < 1.29 is 13.5 Å². The fraction of sp³-hybridized carbons (Fsp3) is 0.235. The number of anilines is 2. The van der Waals surface area contributed by atoms with Gasteiger partial charge in [0.05, 0.1) is 0 Å². The first-order valence-electron chi connectivity index (χ1n) is 7.17. The van der Waals surface area contributed by atoms with Gasteiger partial charge in [-0.1, -0.05) is 26.0 Å². The highest BCUT2D eigenvalue weighted by atomic mass is 32.1. The molecule has 0 radical (unpaired) electrons. The molecule has 0 aliphatic rings. The van der Waals surface area contributed by atoms with Gasteiger partial charge in [0, 0.05) is 11.4 Å². The van der Waals surface area contributed by atoms with Crippen LogP contribution in [0.4, 0.5) is 20.2 Å². The summed E-state index contributed by atoms with van der Waals surface area (Å²) in [6.07, 6.45) is 0. The molecule has 0 bridgehead atoms. The maximum absolute atomic E-state index is 12.1. The first-order valence-corrected chi connectivity index (χ1v) is 7.57. The zero-order valence-corrected chi connectivity index (χ0v) is 13.7. The molecule has 0 fully saturated rings. The van der Waals surface area contributed by atoms with Gasteiger partial charge < -0.3 is 15.4 Å². The molecule has 6 heteroatoms. The molecule has 0 amide bonds. The number of thiocarbonyl (C=S) groups is 1. The summed E-state index contributed by atoms with van der Waals surface area (Å²) in [7, 11) is 0. The molecule has 0 spiro atoms. The highest BCUT2D eigenvalue weighted by Gasteiger charge is 2.05. The van der Waals surface area contributed by atoms with E-state index < -0.39 is 6.61 Å². The lowest BCUT2D eigenvalue weighted by Crippen LogP contribution is -2.19. The quantitative estimate of drug-likeness (QED) is 0.733. The van der Waals surface area contributed by atoms with E-state index >= 15 is 0 Å². The molecule has 0 aliphatic heterocycles. The van der Waals surface area contributed by atoms with E-state index in [1.54, 1.807) is 12.1 Å². The summed E-state index contributed by atoms with van der Waals surface area (Å²) in [4.78, 5) is 0. The second kappa shape index (κ2) is 7.87. The standard InChI is InChI=1S/C17H18F2N2OS/c1-11(2)12-3-5-13(6-4-12)20-17(23)21-14-7-9-15(10-8-14)22-16(18)19/h3-11,16H,1-2H3,(H2,20,21,23). The van der Waals surface area contributed by atoms with E-state index in [4.69, 9.17) is 12.2 Å². The lowest BCUT2D eigenvalue weighted by molar-refractivity contribution is -0.0498. The molecule has 0 aliphatic carbocycles. The van der Waals surface area contributed by atoms with E-state index in [1.807, 2.05) is 24.3 Å². The van der Waals surface area contributed by atoms with Crippen LogP contribution < -0.4 is 15.4 Å². The Labute approximate surface area is 139 Å². The number of hydrogen-bond donors (Lipinski definition) is 2. The summed E-state index contributed by atoms with van der Waals surface area (Å²) in [5.41, 5.74) is 2.82. The molecular weight excluding hydrogens is 318 g/mol. The van der Waals surface area contributed by atoms with Crippen molar-refractivity contribution in [3.8, 4) is 5.75 Å². The predicted octanol–water partition coefficient (Wildman–Crippen LogP) is 5.22. The van der Waals surface area contributed by atoms with Gasteiger partial charge in [-0.25, -0.2) is 0 Å². The third-order valence-corrected chi connectivity index (χ3v) is 3.38. The van der Waals surface area contributed by atoms with Gasteiger partial charge in [-0.05, 0) is 60.1 Å². The Morgan fingerprint density at radius 1 is 0.913 bits per heavy atom. The van der Waals surface area contributed by atoms with Crippen LogP contribution in [-0.2, 0) is 0 Å². The first-order chi connectivity index (χ1) is 10.9. The van der Waals surface area contributed by atoms with E-state index in [0.717, 1.165) is 5.69 Å². The number of benzene rings is 2. The van der Waals surface area contributed by atoms with Crippen molar-refractivity contribution >= 4 is 28.7 Å². The molecule has 0 unspecified atom stereocenters. The second-order valence-corrected chi connectivity index (χ2v) is 5.67. The second-order valence-electron chi connectivity index (χ2n) is 5.26. The minimum absolute atomic E-state index is 0.105. The number of ether oxygens (including phenoxy) is 1. The van der Waals surface area contributed by atoms with Crippen LogP contribution in [0.1, 0.15) is 25.3 Å². The zero-order valence-electron chi connectivity index (χ0n) is 12.8. The smallest absolute Gasteiger partial charge is 0.387 e. The molecule has 0 atom stereocenters. The summed E-state index contributed by atoms with van der Waals surface area (Å²) in [6, 6.07) is 14.2. The Hall–Kier alpha value is -2.21. The van der Waals surface area contributed by atoms with Crippen LogP contribution >= 0.6 is 12.2 Å². The third-order valence-electron chi connectivity index (χ3n) is 3.17. The van der Waals surface area contributed by atoms with Crippen LogP contribution in [-0.4, -0.2) is 11.7 Å². The van der Waals surface area contributed by atoms with Gasteiger partial charge in [-0.2, -0.15) is 8.78 Å². The van der Waals surface area contributed by atoms with Gasteiger partial charge in [0.25, 0.3) is 0 Å². The summed E-state index contributed by atoms with van der Waals surface area (Å²) in [6.45, 7) is 1.44. The molecular formula is C17H18F2N2OS.